The van der Waals surface area contributed by atoms with Crippen LogP contribution in [0.4, 0.5) is 4.79 Å². The number of carboxylic acids is 1. The van der Waals surface area contributed by atoms with Crippen molar-refractivity contribution in [1.82, 2.24) is 9.80 Å². The normalized spacial score (nSPS) is 16.2. The number of rotatable bonds is 7. The van der Waals surface area contributed by atoms with Gasteiger partial charge in [0.05, 0.1) is 12.5 Å². The highest BCUT2D eigenvalue weighted by Crippen LogP contribution is 2.27. The Bertz CT molecular complexity index is 304. The van der Waals surface area contributed by atoms with E-state index in [9.17, 15) is 9.59 Å². The Morgan fingerprint density at radius 3 is 2.50 bits per heavy atom. The van der Waals surface area contributed by atoms with Crippen LogP contribution in [0.2, 0.25) is 0 Å². The highest BCUT2D eigenvalue weighted by molar-refractivity contribution is 5.76. The molecule has 1 N–H and O–H groups in total. The maximum absolute atomic E-state index is 12.2. The monoisotopic (exact) mass is 258 g/mol. The molecule has 0 aromatic rings. The quantitative estimate of drug-likeness (QED) is 0.735. The van der Waals surface area contributed by atoms with Crippen LogP contribution in [0.15, 0.2) is 0 Å². The first-order valence-corrected chi connectivity index (χ1v) is 6.20. The fourth-order valence-electron chi connectivity index (χ4n) is 1.80. The molecule has 0 radical (unpaired) electrons. The molecule has 1 rings (SSSR count). The van der Waals surface area contributed by atoms with Crippen LogP contribution in [0.5, 0.6) is 0 Å². The highest BCUT2D eigenvalue weighted by Gasteiger charge is 2.34. The van der Waals surface area contributed by atoms with E-state index in [-0.39, 0.29) is 12.6 Å². The fraction of sp³-hybridized carbons (Fsp3) is 0.833. The summed E-state index contributed by atoms with van der Waals surface area (Å²) in [5.74, 6) is -1.44. The van der Waals surface area contributed by atoms with Gasteiger partial charge < -0.3 is 19.6 Å². The van der Waals surface area contributed by atoms with E-state index in [0.29, 0.717) is 19.2 Å². The zero-order valence-electron chi connectivity index (χ0n) is 11.3. The largest absolute Gasteiger partial charge is 0.481 e. The molecule has 6 nitrogen and oxygen atoms in total. The van der Waals surface area contributed by atoms with Crippen LogP contribution >= 0.6 is 0 Å². The zero-order valence-corrected chi connectivity index (χ0v) is 11.3. The van der Waals surface area contributed by atoms with Gasteiger partial charge in [-0.2, -0.15) is 0 Å². The van der Waals surface area contributed by atoms with Gasteiger partial charge in [0, 0.05) is 33.3 Å². The predicted octanol–water partition coefficient (Wildman–Crippen LogP) is 0.870. The lowest BCUT2D eigenvalue weighted by Gasteiger charge is -2.29. The Hall–Kier alpha value is -1.30. The van der Waals surface area contributed by atoms with Gasteiger partial charge in [0.15, 0.2) is 0 Å². The van der Waals surface area contributed by atoms with Crippen molar-refractivity contribution in [1.29, 1.82) is 0 Å². The number of hydrogen-bond acceptors (Lipinski definition) is 3. The molecule has 0 aliphatic heterocycles. The smallest absolute Gasteiger partial charge is 0.320 e. The average molecular weight is 258 g/mol. The first-order chi connectivity index (χ1) is 8.47. The zero-order chi connectivity index (χ0) is 13.7. The predicted molar refractivity (Wildman–Crippen MR) is 66.4 cm³/mol. The van der Waals surface area contributed by atoms with E-state index in [2.05, 4.69) is 0 Å². The fourth-order valence-corrected chi connectivity index (χ4v) is 1.80. The molecule has 0 bridgehead atoms. The van der Waals surface area contributed by atoms with Crippen LogP contribution in [0, 0.1) is 5.92 Å². The molecule has 1 aliphatic rings. The molecule has 1 atom stereocenters. The highest BCUT2D eigenvalue weighted by atomic mass is 16.5. The lowest BCUT2D eigenvalue weighted by Crippen LogP contribution is -2.46. The number of carboxylic acid groups (broad SMARTS) is 1. The molecule has 18 heavy (non-hydrogen) atoms. The van der Waals surface area contributed by atoms with Crippen molar-refractivity contribution in [2.24, 2.45) is 5.92 Å². The van der Waals surface area contributed by atoms with Gasteiger partial charge in [-0.25, -0.2) is 4.79 Å². The summed E-state index contributed by atoms with van der Waals surface area (Å²) in [6.07, 6.45) is 2.05. The lowest BCUT2D eigenvalue weighted by molar-refractivity contribution is -0.141. The Morgan fingerprint density at radius 2 is 2.06 bits per heavy atom. The first-order valence-electron chi connectivity index (χ1n) is 6.20. The summed E-state index contributed by atoms with van der Waals surface area (Å²) >= 11 is 0. The lowest BCUT2D eigenvalue weighted by atomic mass is 10.2. The van der Waals surface area contributed by atoms with Gasteiger partial charge in [-0.05, 0) is 12.8 Å². The van der Waals surface area contributed by atoms with Crippen molar-refractivity contribution in [3.8, 4) is 0 Å². The third kappa shape index (κ3) is 4.18. The molecule has 104 valence electrons. The number of nitrogens with zero attached hydrogens (tertiary/aromatic N) is 2. The minimum Gasteiger partial charge on any atom is -0.481 e. The van der Waals surface area contributed by atoms with E-state index in [1.807, 2.05) is 0 Å². The standard InChI is InChI=1S/C12H22N2O4/c1-9(11(15)16)8-13(2)12(17)14(6-7-18-3)10-4-5-10/h9-10H,4-8H2,1-3H3,(H,15,16). The minimum atomic E-state index is -0.885. The number of urea groups is 1. The van der Waals surface area contributed by atoms with E-state index in [1.165, 1.54) is 4.90 Å². The van der Waals surface area contributed by atoms with Crippen molar-refractivity contribution >= 4 is 12.0 Å². The Morgan fingerprint density at radius 1 is 1.44 bits per heavy atom. The molecule has 0 spiro atoms. The number of carbonyl (C=O) groups excluding carboxylic acids is 1. The summed E-state index contributed by atoms with van der Waals surface area (Å²) < 4.78 is 4.99. The molecule has 0 saturated heterocycles. The van der Waals surface area contributed by atoms with E-state index in [0.717, 1.165) is 12.8 Å². The molecule has 1 aliphatic carbocycles. The van der Waals surface area contributed by atoms with Gasteiger partial charge >= 0.3 is 12.0 Å². The van der Waals surface area contributed by atoms with Crippen LogP contribution < -0.4 is 0 Å². The average Bonchev–Trinajstić information content (AvgIpc) is 3.13. The second-order valence-corrected chi connectivity index (χ2v) is 4.82. The molecule has 0 aromatic carbocycles. The number of ether oxygens (including phenoxy) is 1. The van der Waals surface area contributed by atoms with Crippen molar-refractivity contribution in [2.45, 2.75) is 25.8 Å². The Labute approximate surface area is 107 Å². The summed E-state index contributed by atoms with van der Waals surface area (Å²) in [5.41, 5.74) is 0. The van der Waals surface area contributed by atoms with Crippen LogP contribution in [0.3, 0.4) is 0 Å². The van der Waals surface area contributed by atoms with E-state index in [4.69, 9.17) is 9.84 Å². The summed E-state index contributed by atoms with van der Waals surface area (Å²) in [5, 5.41) is 8.84. The van der Waals surface area contributed by atoms with Crippen LogP contribution in [-0.2, 0) is 9.53 Å². The number of hydrogen-bond donors (Lipinski definition) is 1. The molecule has 0 aromatic heterocycles. The van der Waals surface area contributed by atoms with Crippen LogP contribution in [-0.4, -0.2) is 66.8 Å². The maximum Gasteiger partial charge on any atom is 0.320 e. The number of amides is 2. The van der Waals surface area contributed by atoms with Gasteiger partial charge in [0.25, 0.3) is 0 Å². The molecule has 2 amide bonds. The molecule has 1 unspecified atom stereocenters. The third-order valence-corrected chi connectivity index (χ3v) is 3.07. The second kappa shape index (κ2) is 6.58. The SMILES string of the molecule is COCCN(C(=O)N(C)CC(C)C(=O)O)C1CC1. The molecule has 1 fully saturated rings. The molecule has 0 heterocycles. The van der Waals surface area contributed by atoms with E-state index in [1.54, 1.807) is 26.0 Å². The van der Waals surface area contributed by atoms with Gasteiger partial charge in [-0.15, -0.1) is 0 Å². The van der Waals surface area contributed by atoms with Crippen LogP contribution in [0.1, 0.15) is 19.8 Å². The Kier molecular flexibility index (Phi) is 5.40. The van der Waals surface area contributed by atoms with Crippen molar-refractivity contribution < 1.29 is 19.4 Å². The summed E-state index contributed by atoms with van der Waals surface area (Å²) in [6.45, 7) is 2.89. The van der Waals surface area contributed by atoms with Gasteiger partial charge in [-0.1, -0.05) is 6.92 Å². The van der Waals surface area contributed by atoms with Gasteiger partial charge in [0.1, 0.15) is 0 Å². The molecule has 1 saturated carbocycles. The number of methoxy groups -OCH3 is 1. The number of aliphatic carboxylic acids is 1. The second-order valence-electron chi connectivity index (χ2n) is 4.82. The van der Waals surface area contributed by atoms with Crippen molar-refractivity contribution in [2.75, 3.05) is 33.9 Å². The van der Waals surface area contributed by atoms with Crippen LogP contribution in [0.25, 0.3) is 0 Å². The van der Waals surface area contributed by atoms with E-state index < -0.39 is 11.9 Å². The topological polar surface area (TPSA) is 70.1 Å². The minimum absolute atomic E-state index is 0.109. The first kappa shape index (κ1) is 14.8. The number of carbonyl (C=O) groups is 2. The Balaban J connectivity index is 2.50. The summed E-state index contributed by atoms with van der Waals surface area (Å²) in [4.78, 5) is 26.2. The maximum atomic E-state index is 12.2. The van der Waals surface area contributed by atoms with Crippen molar-refractivity contribution in [3.63, 3.8) is 0 Å². The molecule has 6 heteroatoms. The van der Waals surface area contributed by atoms with Gasteiger partial charge in [0.2, 0.25) is 0 Å². The summed E-state index contributed by atoms with van der Waals surface area (Å²) in [6, 6.07) is 0.192. The molecular formula is C12H22N2O4. The van der Waals surface area contributed by atoms with Crippen molar-refractivity contribution in [3.05, 3.63) is 0 Å². The van der Waals surface area contributed by atoms with Gasteiger partial charge in [-0.3, -0.25) is 4.79 Å². The molecular weight excluding hydrogens is 236 g/mol. The third-order valence-electron chi connectivity index (χ3n) is 3.07. The van der Waals surface area contributed by atoms with E-state index >= 15 is 0 Å². The summed E-state index contributed by atoms with van der Waals surface area (Å²) in [7, 11) is 3.25.